The van der Waals surface area contributed by atoms with E-state index in [1.54, 1.807) is 45.0 Å². The topological polar surface area (TPSA) is 70.6 Å². The van der Waals surface area contributed by atoms with Crippen molar-refractivity contribution in [2.24, 2.45) is 0 Å². The summed E-state index contributed by atoms with van der Waals surface area (Å²) in [5.74, 6) is -0.0483. The Morgan fingerprint density at radius 2 is 1.70 bits per heavy atom. The van der Waals surface area contributed by atoms with E-state index < -0.39 is 15.3 Å². The van der Waals surface area contributed by atoms with Gasteiger partial charge in [-0.15, -0.1) is 0 Å². The molecule has 146 valence electrons. The van der Waals surface area contributed by atoms with Crippen molar-refractivity contribution in [1.29, 1.82) is 0 Å². The number of rotatable bonds is 8. The van der Waals surface area contributed by atoms with Gasteiger partial charge in [0.15, 0.2) is 0 Å². The molecule has 1 amide bonds. The number of likely N-dealkylation sites (N-methyl/N-ethyl adjacent to an activating group) is 1. The molecular weight excluding hydrogens is 382 g/mol. The highest BCUT2D eigenvalue weighted by atomic mass is 32.2. The van der Waals surface area contributed by atoms with Gasteiger partial charge in [0.05, 0.1) is 5.03 Å². The fourth-order valence-electron chi connectivity index (χ4n) is 2.55. The van der Waals surface area contributed by atoms with Crippen molar-refractivity contribution in [1.82, 2.24) is 14.2 Å². The number of amides is 1. The first-order valence-electron chi connectivity index (χ1n) is 8.70. The summed E-state index contributed by atoms with van der Waals surface area (Å²) in [7, 11) is -0.113. The van der Waals surface area contributed by atoms with Crippen molar-refractivity contribution in [3.63, 3.8) is 0 Å². The molecule has 0 aliphatic carbocycles. The predicted molar refractivity (Wildman–Crippen MR) is 108 cm³/mol. The number of carbonyl (C=O) groups is 1. The van der Waals surface area contributed by atoms with Gasteiger partial charge < -0.3 is 4.90 Å². The molecule has 1 aromatic heterocycles. The predicted octanol–water partition coefficient (Wildman–Crippen LogP) is 3.03. The Morgan fingerprint density at radius 3 is 2.19 bits per heavy atom. The molecule has 0 radical (unpaired) electrons. The fraction of sp³-hybridized carbons (Fsp3) is 0.368. The first-order chi connectivity index (χ1) is 12.8. The van der Waals surface area contributed by atoms with E-state index in [1.165, 1.54) is 22.3 Å². The molecule has 0 N–H and O–H groups in total. The second-order valence-corrected chi connectivity index (χ2v) is 9.13. The van der Waals surface area contributed by atoms with Crippen LogP contribution >= 0.6 is 11.8 Å². The quantitative estimate of drug-likeness (QED) is 0.629. The molecule has 0 aliphatic rings. The van der Waals surface area contributed by atoms with Crippen LogP contribution in [-0.2, 0) is 14.8 Å². The summed E-state index contributed by atoms with van der Waals surface area (Å²) in [5, 5.41) is 0.150. The van der Waals surface area contributed by atoms with E-state index in [2.05, 4.69) is 4.98 Å². The van der Waals surface area contributed by atoms with Crippen LogP contribution in [0.1, 0.15) is 24.7 Å². The molecule has 0 aliphatic heterocycles. The van der Waals surface area contributed by atoms with Crippen molar-refractivity contribution in [2.75, 3.05) is 27.2 Å². The minimum absolute atomic E-state index is 0.0483. The highest BCUT2D eigenvalue weighted by molar-refractivity contribution is 8.00. The van der Waals surface area contributed by atoms with Gasteiger partial charge in [-0.2, -0.15) is 4.31 Å². The molecule has 0 fully saturated rings. The van der Waals surface area contributed by atoms with E-state index >= 15 is 0 Å². The number of nitrogens with zero attached hydrogens (tertiary/aromatic N) is 3. The molecule has 1 aromatic carbocycles. The summed E-state index contributed by atoms with van der Waals surface area (Å²) in [4.78, 5) is 18.6. The molecule has 6 nitrogen and oxygen atoms in total. The zero-order chi connectivity index (χ0) is 20.0. The molecule has 2 rings (SSSR count). The van der Waals surface area contributed by atoms with Crippen LogP contribution in [0.25, 0.3) is 0 Å². The van der Waals surface area contributed by atoms with Crippen LogP contribution in [0.5, 0.6) is 0 Å². The first-order valence-corrected chi connectivity index (χ1v) is 11.0. The lowest BCUT2D eigenvalue weighted by Crippen LogP contribution is -2.30. The normalized spacial score (nSPS) is 12.8. The molecule has 27 heavy (non-hydrogen) atoms. The Bertz CT molecular complexity index is 850. The van der Waals surface area contributed by atoms with Gasteiger partial charge in [-0.25, -0.2) is 13.4 Å². The Hall–Kier alpha value is -1.90. The van der Waals surface area contributed by atoms with E-state index in [4.69, 9.17) is 0 Å². The van der Waals surface area contributed by atoms with E-state index in [0.717, 1.165) is 5.56 Å². The van der Waals surface area contributed by atoms with Crippen molar-refractivity contribution < 1.29 is 13.2 Å². The average molecular weight is 408 g/mol. The lowest BCUT2D eigenvalue weighted by molar-refractivity contribution is -0.128. The number of sulfonamides is 1. The number of thioether (sulfide) groups is 1. The van der Waals surface area contributed by atoms with Gasteiger partial charge in [-0.05, 0) is 17.7 Å². The SMILES string of the molecule is CCN(CC)S(=O)(=O)c1ccc(SC(C(=O)N(C)C)c2ccccc2)nc1. The smallest absolute Gasteiger partial charge is 0.244 e. The zero-order valence-electron chi connectivity index (χ0n) is 16.0. The van der Waals surface area contributed by atoms with Crippen LogP contribution in [0.15, 0.2) is 58.6 Å². The van der Waals surface area contributed by atoms with E-state index in [-0.39, 0.29) is 10.8 Å². The minimum Gasteiger partial charge on any atom is -0.348 e. The zero-order valence-corrected chi connectivity index (χ0v) is 17.6. The van der Waals surface area contributed by atoms with Gasteiger partial charge in [0.1, 0.15) is 10.1 Å². The van der Waals surface area contributed by atoms with Crippen LogP contribution in [-0.4, -0.2) is 55.7 Å². The number of hydrogen-bond acceptors (Lipinski definition) is 5. The number of benzene rings is 1. The highest BCUT2D eigenvalue weighted by Gasteiger charge is 2.25. The Morgan fingerprint density at radius 1 is 1.07 bits per heavy atom. The maximum absolute atomic E-state index is 12.6. The Labute approximate surface area is 165 Å². The summed E-state index contributed by atoms with van der Waals surface area (Å²) in [6.07, 6.45) is 1.36. The molecule has 2 aromatic rings. The van der Waals surface area contributed by atoms with Crippen molar-refractivity contribution in [3.05, 3.63) is 54.2 Å². The summed E-state index contributed by atoms with van der Waals surface area (Å²) < 4.78 is 26.5. The number of pyridine rings is 1. The summed E-state index contributed by atoms with van der Waals surface area (Å²) in [6, 6.07) is 12.7. The Kier molecular flexibility index (Phi) is 7.41. The molecule has 0 bridgehead atoms. The molecule has 8 heteroatoms. The molecular formula is C19H25N3O3S2. The number of hydrogen-bond donors (Lipinski definition) is 0. The molecule has 1 atom stereocenters. The highest BCUT2D eigenvalue weighted by Crippen LogP contribution is 2.35. The molecule has 1 heterocycles. The maximum Gasteiger partial charge on any atom is 0.244 e. The third-order valence-electron chi connectivity index (χ3n) is 4.06. The van der Waals surface area contributed by atoms with Gasteiger partial charge in [0.2, 0.25) is 15.9 Å². The first kappa shape index (κ1) is 21.4. The molecule has 1 unspecified atom stereocenters. The molecule has 0 saturated heterocycles. The monoisotopic (exact) mass is 407 g/mol. The second kappa shape index (κ2) is 9.34. The van der Waals surface area contributed by atoms with E-state index in [1.807, 2.05) is 30.3 Å². The third-order valence-corrected chi connectivity index (χ3v) is 7.28. The van der Waals surface area contributed by atoms with Gasteiger partial charge in [-0.1, -0.05) is 55.9 Å². The van der Waals surface area contributed by atoms with Crippen molar-refractivity contribution >= 4 is 27.7 Å². The standard InChI is InChI=1S/C19H25N3O3S2/c1-5-22(6-2)27(24,25)16-12-13-17(20-14-16)26-18(19(23)21(3)4)15-10-8-7-9-11-15/h7-14,18H,5-6H2,1-4H3. The lowest BCUT2D eigenvalue weighted by Gasteiger charge is -2.21. The van der Waals surface area contributed by atoms with Crippen molar-refractivity contribution in [2.45, 2.75) is 29.0 Å². The average Bonchev–Trinajstić information content (AvgIpc) is 2.67. The summed E-state index contributed by atoms with van der Waals surface area (Å²) in [6.45, 7) is 4.41. The van der Waals surface area contributed by atoms with Crippen LogP contribution in [0.4, 0.5) is 0 Å². The third kappa shape index (κ3) is 5.09. The molecule has 0 saturated carbocycles. The van der Waals surface area contributed by atoms with Gasteiger partial charge in [0.25, 0.3) is 0 Å². The van der Waals surface area contributed by atoms with Crippen LogP contribution in [0.3, 0.4) is 0 Å². The molecule has 0 spiro atoms. The minimum atomic E-state index is -3.54. The summed E-state index contributed by atoms with van der Waals surface area (Å²) >= 11 is 1.31. The largest absolute Gasteiger partial charge is 0.348 e. The summed E-state index contributed by atoms with van der Waals surface area (Å²) in [5.41, 5.74) is 0.878. The number of carbonyl (C=O) groups excluding carboxylic acids is 1. The fourth-order valence-corrected chi connectivity index (χ4v) is 5.06. The van der Waals surface area contributed by atoms with Gasteiger partial charge >= 0.3 is 0 Å². The van der Waals surface area contributed by atoms with E-state index in [0.29, 0.717) is 18.1 Å². The van der Waals surface area contributed by atoms with Crippen LogP contribution < -0.4 is 0 Å². The van der Waals surface area contributed by atoms with Crippen LogP contribution in [0.2, 0.25) is 0 Å². The second-order valence-electron chi connectivity index (χ2n) is 6.06. The van der Waals surface area contributed by atoms with E-state index in [9.17, 15) is 13.2 Å². The maximum atomic E-state index is 12.6. The van der Waals surface area contributed by atoms with Crippen molar-refractivity contribution in [3.8, 4) is 0 Å². The van der Waals surface area contributed by atoms with Gasteiger partial charge in [0, 0.05) is 33.4 Å². The lowest BCUT2D eigenvalue weighted by atomic mass is 10.1. The van der Waals surface area contributed by atoms with Gasteiger partial charge in [-0.3, -0.25) is 4.79 Å². The number of aromatic nitrogens is 1. The Balaban J connectivity index is 2.28. The van der Waals surface area contributed by atoms with Crippen LogP contribution in [0, 0.1) is 0 Å².